The molecule has 0 unspecified atom stereocenters. The number of ether oxygens (including phenoxy) is 3. The summed E-state index contributed by atoms with van der Waals surface area (Å²) in [5.41, 5.74) is -0.198. The molecule has 11 heavy (non-hydrogen) atoms. The largest absolute Gasteiger partial charge is 0.329 e. The van der Waals surface area contributed by atoms with Gasteiger partial charge in [-0.25, -0.2) is 0 Å². The normalized spacial score (nSPS) is 25.1. The standard InChI is InChI=1S/C8H16O3/c1-5-7(6-2)8(9-3,10-4)11-7/h5-6H2,1-4H3. The molecule has 3 heteroatoms. The van der Waals surface area contributed by atoms with Gasteiger partial charge in [0.1, 0.15) is 0 Å². The predicted molar refractivity (Wildman–Crippen MR) is 41.1 cm³/mol. The smallest absolute Gasteiger partial charge is 0.314 e. The second kappa shape index (κ2) is 2.73. The molecule has 0 radical (unpaired) electrons. The van der Waals surface area contributed by atoms with Crippen molar-refractivity contribution in [2.24, 2.45) is 0 Å². The number of rotatable bonds is 4. The Morgan fingerprint density at radius 1 is 1.09 bits per heavy atom. The molecule has 0 bridgehead atoms. The molecule has 0 aromatic rings. The first-order valence-electron chi connectivity index (χ1n) is 4.00. The number of methoxy groups -OCH3 is 2. The maximum Gasteiger partial charge on any atom is 0.314 e. The van der Waals surface area contributed by atoms with E-state index in [4.69, 9.17) is 14.2 Å². The van der Waals surface area contributed by atoms with Gasteiger partial charge in [0.15, 0.2) is 5.60 Å². The SMILES string of the molecule is CCC1(CC)OC1(OC)OC. The lowest BCUT2D eigenvalue weighted by Crippen LogP contribution is -2.28. The highest BCUT2D eigenvalue weighted by Crippen LogP contribution is 2.53. The van der Waals surface area contributed by atoms with Gasteiger partial charge in [0.05, 0.1) is 0 Å². The van der Waals surface area contributed by atoms with Gasteiger partial charge in [-0.2, -0.15) is 0 Å². The zero-order valence-corrected chi connectivity index (χ0v) is 7.64. The van der Waals surface area contributed by atoms with Crippen molar-refractivity contribution in [3.8, 4) is 0 Å². The van der Waals surface area contributed by atoms with Crippen LogP contribution in [0.4, 0.5) is 0 Å². The Hall–Kier alpha value is -0.120. The van der Waals surface area contributed by atoms with Crippen molar-refractivity contribution in [1.29, 1.82) is 0 Å². The van der Waals surface area contributed by atoms with Crippen LogP contribution in [0.5, 0.6) is 0 Å². The van der Waals surface area contributed by atoms with Gasteiger partial charge in [-0.15, -0.1) is 0 Å². The minimum absolute atomic E-state index is 0.198. The molecule has 66 valence electrons. The first kappa shape index (κ1) is 8.97. The summed E-state index contributed by atoms with van der Waals surface area (Å²) in [5, 5.41) is 0. The molecule has 1 aliphatic heterocycles. The maximum atomic E-state index is 5.44. The molecule has 0 amide bonds. The van der Waals surface area contributed by atoms with Crippen LogP contribution in [0, 0.1) is 0 Å². The Kier molecular flexibility index (Phi) is 2.23. The molecule has 0 spiro atoms. The van der Waals surface area contributed by atoms with E-state index in [9.17, 15) is 0 Å². The average molecular weight is 160 g/mol. The van der Waals surface area contributed by atoms with E-state index in [0.717, 1.165) is 12.8 Å². The maximum absolute atomic E-state index is 5.44. The Morgan fingerprint density at radius 2 is 1.55 bits per heavy atom. The van der Waals surface area contributed by atoms with Gasteiger partial charge < -0.3 is 14.2 Å². The first-order chi connectivity index (χ1) is 5.20. The molecular formula is C8H16O3. The number of hydrogen-bond donors (Lipinski definition) is 0. The second-order valence-electron chi connectivity index (χ2n) is 2.77. The summed E-state index contributed by atoms with van der Waals surface area (Å²) in [4.78, 5) is 0. The second-order valence-corrected chi connectivity index (χ2v) is 2.77. The van der Waals surface area contributed by atoms with Gasteiger partial charge in [0.2, 0.25) is 0 Å². The fraction of sp³-hybridized carbons (Fsp3) is 1.00. The lowest BCUT2D eigenvalue weighted by molar-refractivity contribution is -0.198. The van der Waals surface area contributed by atoms with Gasteiger partial charge in [-0.3, -0.25) is 0 Å². The van der Waals surface area contributed by atoms with Crippen LogP contribution in [0.25, 0.3) is 0 Å². The fourth-order valence-corrected chi connectivity index (χ4v) is 1.60. The summed E-state index contributed by atoms with van der Waals surface area (Å²) in [6.07, 6.45) is 1.84. The third kappa shape index (κ3) is 0.991. The Morgan fingerprint density at radius 3 is 1.64 bits per heavy atom. The van der Waals surface area contributed by atoms with Crippen molar-refractivity contribution in [2.75, 3.05) is 14.2 Å². The molecule has 1 heterocycles. The molecule has 1 fully saturated rings. The summed E-state index contributed by atoms with van der Waals surface area (Å²) in [7, 11) is 3.22. The summed E-state index contributed by atoms with van der Waals surface area (Å²) in [5.74, 6) is -0.753. The third-order valence-corrected chi connectivity index (χ3v) is 2.53. The van der Waals surface area contributed by atoms with E-state index in [2.05, 4.69) is 13.8 Å². The Balaban J connectivity index is 2.65. The summed E-state index contributed by atoms with van der Waals surface area (Å²) in [6, 6.07) is 0. The zero-order chi connectivity index (χ0) is 8.54. The molecule has 0 saturated carbocycles. The lowest BCUT2D eigenvalue weighted by atomic mass is 10.0. The van der Waals surface area contributed by atoms with Crippen molar-refractivity contribution in [3.63, 3.8) is 0 Å². The van der Waals surface area contributed by atoms with Crippen molar-refractivity contribution < 1.29 is 14.2 Å². The Bertz CT molecular complexity index is 120. The summed E-state index contributed by atoms with van der Waals surface area (Å²) < 4.78 is 15.7. The van der Waals surface area contributed by atoms with Crippen LogP contribution in [0.15, 0.2) is 0 Å². The van der Waals surface area contributed by atoms with Crippen LogP contribution in [0.3, 0.4) is 0 Å². The van der Waals surface area contributed by atoms with Gasteiger partial charge in [-0.1, -0.05) is 13.8 Å². The molecule has 1 aliphatic rings. The number of hydrogen-bond acceptors (Lipinski definition) is 3. The van der Waals surface area contributed by atoms with E-state index >= 15 is 0 Å². The molecule has 1 saturated heterocycles. The van der Waals surface area contributed by atoms with Crippen LogP contribution < -0.4 is 0 Å². The van der Waals surface area contributed by atoms with Crippen LogP contribution in [0.1, 0.15) is 26.7 Å². The van der Waals surface area contributed by atoms with E-state index < -0.39 is 5.97 Å². The summed E-state index contributed by atoms with van der Waals surface area (Å²) >= 11 is 0. The topological polar surface area (TPSA) is 31.0 Å². The van der Waals surface area contributed by atoms with E-state index in [0.29, 0.717) is 0 Å². The molecule has 3 nitrogen and oxygen atoms in total. The van der Waals surface area contributed by atoms with Crippen LogP contribution in [0.2, 0.25) is 0 Å². The van der Waals surface area contributed by atoms with E-state index in [1.54, 1.807) is 14.2 Å². The van der Waals surface area contributed by atoms with Gasteiger partial charge in [-0.05, 0) is 12.8 Å². The first-order valence-corrected chi connectivity index (χ1v) is 4.00. The van der Waals surface area contributed by atoms with E-state index in [1.165, 1.54) is 0 Å². The predicted octanol–water partition coefficient (Wildman–Crippen LogP) is 1.52. The van der Waals surface area contributed by atoms with Gasteiger partial charge >= 0.3 is 5.97 Å². The van der Waals surface area contributed by atoms with Crippen molar-refractivity contribution in [3.05, 3.63) is 0 Å². The molecule has 0 aromatic carbocycles. The van der Waals surface area contributed by atoms with Crippen LogP contribution in [-0.4, -0.2) is 25.8 Å². The highest BCUT2D eigenvalue weighted by Gasteiger charge is 2.70. The molecule has 1 rings (SSSR count). The highest BCUT2D eigenvalue weighted by atomic mass is 17.0. The molecule has 0 atom stereocenters. The minimum Gasteiger partial charge on any atom is -0.329 e. The van der Waals surface area contributed by atoms with E-state index in [1.807, 2.05) is 0 Å². The monoisotopic (exact) mass is 160 g/mol. The van der Waals surface area contributed by atoms with E-state index in [-0.39, 0.29) is 5.60 Å². The van der Waals surface area contributed by atoms with Gasteiger partial charge in [0.25, 0.3) is 0 Å². The molecule has 0 N–H and O–H groups in total. The zero-order valence-electron chi connectivity index (χ0n) is 7.64. The van der Waals surface area contributed by atoms with Gasteiger partial charge in [0, 0.05) is 14.2 Å². The summed E-state index contributed by atoms with van der Waals surface area (Å²) in [6.45, 7) is 4.15. The molecular weight excluding hydrogens is 144 g/mol. The Labute approximate surface area is 67.6 Å². The highest BCUT2D eigenvalue weighted by molar-refractivity contribution is 5.02. The number of epoxide rings is 1. The van der Waals surface area contributed by atoms with Crippen molar-refractivity contribution in [2.45, 2.75) is 38.3 Å². The average Bonchev–Trinajstić information content (AvgIpc) is 2.75. The minimum atomic E-state index is -0.753. The van der Waals surface area contributed by atoms with Crippen LogP contribution in [-0.2, 0) is 14.2 Å². The fourth-order valence-electron chi connectivity index (χ4n) is 1.60. The quantitative estimate of drug-likeness (QED) is 0.461. The molecule has 0 aliphatic carbocycles. The molecule has 0 aromatic heterocycles. The lowest BCUT2D eigenvalue weighted by Gasteiger charge is -2.13. The van der Waals surface area contributed by atoms with Crippen LogP contribution >= 0.6 is 0 Å². The van der Waals surface area contributed by atoms with Crippen molar-refractivity contribution in [1.82, 2.24) is 0 Å². The van der Waals surface area contributed by atoms with Crippen molar-refractivity contribution >= 4 is 0 Å². The third-order valence-electron chi connectivity index (χ3n) is 2.53.